The summed E-state index contributed by atoms with van der Waals surface area (Å²) in [6, 6.07) is 5.32. The average molecular weight is 294 g/mol. The fraction of sp³-hybridized carbons (Fsp3) is 0.600. The molecule has 6 heteroatoms. The van der Waals surface area contributed by atoms with Crippen LogP contribution in [0.3, 0.4) is 0 Å². The maximum atomic E-state index is 11.5. The van der Waals surface area contributed by atoms with Crippen LogP contribution in [0.1, 0.15) is 33.1 Å². The minimum atomic E-state index is -0.412. The molecule has 0 aliphatic carbocycles. The van der Waals surface area contributed by atoms with Gasteiger partial charge in [0.15, 0.2) is 5.75 Å². The van der Waals surface area contributed by atoms with Crippen molar-refractivity contribution in [3.63, 3.8) is 0 Å². The Morgan fingerprint density at radius 1 is 1.57 bits per heavy atom. The number of benzene rings is 1. The van der Waals surface area contributed by atoms with Crippen LogP contribution in [0.4, 0.5) is 11.4 Å². The minimum absolute atomic E-state index is 0.0249. The third-order valence-corrected chi connectivity index (χ3v) is 3.76. The number of hydrogen-bond acceptors (Lipinski definition) is 5. The highest BCUT2D eigenvalue weighted by Crippen LogP contribution is 2.40. The van der Waals surface area contributed by atoms with E-state index in [2.05, 4.69) is 0 Å². The zero-order valence-electron chi connectivity index (χ0n) is 12.5. The molecule has 1 fully saturated rings. The molecule has 1 aliphatic rings. The van der Waals surface area contributed by atoms with E-state index in [9.17, 15) is 15.2 Å². The predicted octanol–water partition coefficient (Wildman–Crippen LogP) is 2.73. The van der Waals surface area contributed by atoms with Gasteiger partial charge in [-0.25, -0.2) is 0 Å². The van der Waals surface area contributed by atoms with Gasteiger partial charge in [0.1, 0.15) is 5.69 Å². The molecule has 1 aliphatic heterocycles. The minimum Gasteiger partial charge on any atom is -0.487 e. The van der Waals surface area contributed by atoms with Gasteiger partial charge >= 0.3 is 5.69 Å². The molecule has 2 atom stereocenters. The van der Waals surface area contributed by atoms with Crippen molar-refractivity contribution in [3.8, 4) is 5.75 Å². The highest BCUT2D eigenvalue weighted by Gasteiger charge is 2.32. The van der Waals surface area contributed by atoms with Crippen molar-refractivity contribution in [2.75, 3.05) is 18.1 Å². The van der Waals surface area contributed by atoms with Crippen LogP contribution in [0.5, 0.6) is 5.75 Å². The Bertz CT molecular complexity index is 504. The maximum absolute atomic E-state index is 11.5. The van der Waals surface area contributed by atoms with Crippen LogP contribution in [0.25, 0.3) is 0 Å². The summed E-state index contributed by atoms with van der Waals surface area (Å²) < 4.78 is 5.40. The van der Waals surface area contributed by atoms with Gasteiger partial charge in [-0.05, 0) is 45.2 Å². The van der Waals surface area contributed by atoms with E-state index in [0.29, 0.717) is 24.5 Å². The molecule has 0 unspecified atom stereocenters. The number of nitrogens with zero attached hydrogens (tertiary/aromatic N) is 2. The first-order chi connectivity index (χ1) is 10.0. The van der Waals surface area contributed by atoms with Crippen LogP contribution >= 0.6 is 0 Å². The normalized spacial score (nSPS) is 19.6. The zero-order valence-corrected chi connectivity index (χ0v) is 12.5. The van der Waals surface area contributed by atoms with E-state index in [-0.39, 0.29) is 16.7 Å². The van der Waals surface area contributed by atoms with Gasteiger partial charge in [-0.2, -0.15) is 0 Å². The molecule has 1 N–H and O–H groups in total. The van der Waals surface area contributed by atoms with Crippen molar-refractivity contribution >= 4 is 11.4 Å². The van der Waals surface area contributed by atoms with Gasteiger partial charge in [0.2, 0.25) is 0 Å². The average Bonchev–Trinajstić information content (AvgIpc) is 2.85. The number of para-hydroxylation sites is 1. The Hall–Kier alpha value is -1.82. The molecule has 0 radical (unpaired) electrons. The Balaban J connectivity index is 2.38. The van der Waals surface area contributed by atoms with Crippen LogP contribution < -0.4 is 9.64 Å². The molecule has 2 rings (SSSR count). The molecular formula is C15H22N2O4. The molecule has 0 saturated carbocycles. The van der Waals surface area contributed by atoms with Crippen molar-refractivity contribution in [1.29, 1.82) is 0 Å². The molecule has 0 amide bonds. The first-order valence-corrected chi connectivity index (χ1v) is 7.39. The Labute approximate surface area is 124 Å². The van der Waals surface area contributed by atoms with Crippen LogP contribution in [-0.2, 0) is 0 Å². The molecule has 1 aromatic rings. The van der Waals surface area contributed by atoms with Crippen LogP contribution in [0.2, 0.25) is 0 Å². The summed E-state index contributed by atoms with van der Waals surface area (Å²) in [5.41, 5.74) is 0.617. The van der Waals surface area contributed by atoms with Gasteiger partial charge in [-0.3, -0.25) is 10.1 Å². The molecule has 1 heterocycles. The van der Waals surface area contributed by atoms with Gasteiger partial charge in [0.25, 0.3) is 0 Å². The van der Waals surface area contributed by atoms with E-state index in [4.69, 9.17) is 4.74 Å². The quantitative estimate of drug-likeness (QED) is 0.645. The first kappa shape index (κ1) is 15.6. The molecule has 21 heavy (non-hydrogen) atoms. The second-order valence-electron chi connectivity index (χ2n) is 5.39. The second-order valence-corrected chi connectivity index (χ2v) is 5.39. The lowest BCUT2D eigenvalue weighted by Crippen LogP contribution is -2.32. The highest BCUT2D eigenvalue weighted by atomic mass is 16.6. The Morgan fingerprint density at radius 2 is 2.33 bits per heavy atom. The summed E-state index contributed by atoms with van der Waals surface area (Å²) in [5, 5.41) is 21.1. The molecule has 0 bridgehead atoms. The molecule has 6 nitrogen and oxygen atoms in total. The van der Waals surface area contributed by atoms with E-state index in [0.717, 1.165) is 19.4 Å². The van der Waals surface area contributed by atoms with Gasteiger partial charge in [-0.15, -0.1) is 0 Å². The maximum Gasteiger partial charge on any atom is 0.333 e. The van der Waals surface area contributed by atoms with Gasteiger partial charge < -0.3 is 14.7 Å². The monoisotopic (exact) mass is 294 g/mol. The molecule has 0 spiro atoms. The summed E-state index contributed by atoms with van der Waals surface area (Å²) in [5.74, 6) is 0.308. The Morgan fingerprint density at radius 3 is 2.95 bits per heavy atom. The molecule has 1 saturated heterocycles. The summed E-state index contributed by atoms with van der Waals surface area (Å²) >= 11 is 0. The largest absolute Gasteiger partial charge is 0.487 e. The summed E-state index contributed by atoms with van der Waals surface area (Å²) in [4.78, 5) is 13.1. The lowest BCUT2D eigenvalue weighted by molar-refractivity contribution is -0.385. The number of aliphatic hydroxyl groups is 1. The van der Waals surface area contributed by atoms with E-state index >= 15 is 0 Å². The van der Waals surface area contributed by atoms with Crippen LogP contribution in [-0.4, -0.2) is 35.3 Å². The summed E-state index contributed by atoms with van der Waals surface area (Å²) in [7, 11) is 0. The van der Waals surface area contributed by atoms with Crippen LogP contribution in [0, 0.1) is 10.1 Å². The first-order valence-electron chi connectivity index (χ1n) is 7.39. The fourth-order valence-corrected chi connectivity index (χ4v) is 2.99. The molecule has 1 aromatic carbocycles. The summed E-state index contributed by atoms with van der Waals surface area (Å²) in [6.07, 6.45) is 2.13. The summed E-state index contributed by atoms with van der Waals surface area (Å²) in [6.45, 7) is 4.72. The zero-order chi connectivity index (χ0) is 15.4. The van der Waals surface area contributed by atoms with E-state index < -0.39 is 6.10 Å². The number of hydrogen-bond donors (Lipinski definition) is 1. The predicted molar refractivity (Wildman–Crippen MR) is 80.9 cm³/mol. The van der Waals surface area contributed by atoms with Crippen molar-refractivity contribution in [2.24, 2.45) is 0 Å². The third-order valence-electron chi connectivity index (χ3n) is 3.76. The number of nitro benzene ring substituents is 1. The van der Waals surface area contributed by atoms with Gasteiger partial charge in [-0.1, -0.05) is 6.07 Å². The fourth-order valence-electron chi connectivity index (χ4n) is 2.99. The van der Waals surface area contributed by atoms with E-state index in [1.54, 1.807) is 25.1 Å². The lowest BCUT2D eigenvalue weighted by Gasteiger charge is -2.27. The van der Waals surface area contributed by atoms with Gasteiger partial charge in [0, 0.05) is 12.6 Å². The number of rotatable bonds is 6. The number of ether oxygens (including phenoxy) is 1. The Kier molecular flexibility index (Phi) is 5.01. The topological polar surface area (TPSA) is 75.8 Å². The van der Waals surface area contributed by atoms with Crippen molar-refractivity contribution in [1.82, 2.24) is 0 Å². The van der Waals surface area contributed by atoms with Crippen molar-refractivity contribution in [3.05, 3.63) is 28.3 Å². The highest BCUT2D eigenvalue weighted by molar-refractivity contribution is 5.70. The molecular weight excluding hydrogens is 272 g/mol. The van der Waals surface area contributed by atoms with E-state index in [1.807, 2.05) is 11.8 Å². The SMILES string of the molecule is CCOc1cccc(N2CCC[C@H]2C[C@@H](C)O)c1[N+](=O)[O-]. The lowest BCUT2D eigenvalue weighted by atomic mass is 10.1. The number of aliphatic hydroxyl groups excluding tert-OH is 1. The van der Waals surface area contributed by atoms with Crippen molar-refractivity contribution < 1.29 is 14.8 Å². The third kappa shape index (κ3) is 3.44. The van der Waals surface area contributed by atoms with Gasteiger partial charge in [0.05, 0.1) is 17.6 Å². The van der Waals surface area contributed by atoms with E-state index in [1.165, 1.54) is 0 Å². The standard InChI is InChI=1S/C15H22N2O4/c1-3-21-14-8-4-7-13(15(14)17(19)20)16-9-5-6-12(16)10-11(2)18/h4,7-8,11-12,18H,3,5-6,9-10H2,1-2H3/t11-,12+/m1/s1. The smallest absolute Gasteiger partial charge is 0.333 e. The van der Waals surface area contributed by atoms with Crippen LogP contribution in [0.15, 0.2) is 18.2 Å². The molecule has 116 valence electrons. The van der Waals surface area contributed by atoms with Crippen molar-refractivity contribution in [2.45, 2.75) is 45.3 Å². The number of anilines is 1. The number of nitro groups is 1. The molecule has 0 aromatic heterocycles. The second kappa shape index (κ2) is 6.76.